The Morgan fingerprint density at radius 3 is 2.79 bits per heavy atom. The van der Waals surface area contributed by atoms with Crippen LogP contribution in [-0.4, -0.2) is 29.0 Å². The molecule has 1 aromatic carbocycles. The van der Waals surface area contributed by atoms with E-state index in [0.717, 1.165) is 48.1 Å². The third-order valence-electron chi connectivity index (χ3n) is 5.83. The Morgan fingerprint density at radius 2 is 2.03 bits per heavy atom. The number of nitrogens with zero attached hydrogens (tertiary/aromatic N) is 2. The van der Waals surface area contributed by atoms with Gasteiger partial charge in [0.15, 0.2) is 11.6 Å². The number of rotatable bonds is 6. The standard InChI is InChI=1S/C21H28N6O2/c1-13-10-14(26-19-17(29-9-5-8-22)18(23)24-12-25-19)11-15-16(13)20(28)27-21(15)6-3-2-4-7-21/h10-12H,2-9,22H2,1H3,(H,27,28)(H3,23,24,25,26). The lowest BCUT2D eigenvalue weighted by Gasteiger charge is -2.34. The zero-order valence-corrected chi connectivity index (χ0v) is 16.8. The Balaban J connectivity index is 1.68. The summed E-state index contributed by atoms with van der Waals surface area (Å²) in [6, 6.07) is 4.02. The number of hydrogen-bond donors (Lipinski definition) is 4. The van der Waals surface area contributed by atoms with Gasteiger partial charge in [0.05, 0.1) is 12.1 Å². The number of aryl methyl sites for hydroxylation is 1. The zero-order valence-electron chi connectivity index (χ0n) is 16.8. The average Bonchev–Trinajstić information content (AvgIpc) is 2.96. The minimum Gasteiger partial charge on any atom is -0.486 e. The van der Waals surface area contributed by atoms with Crippen LogP contribution in [0.3, 0.4) is 0 Å². The number of nitrogens with one attached hydrogen (secondary N) is 2. The zero-order chi connectivity index (χ0) is 20.4. The number of nitrogen functional groups attached to an aromatic ring is 1. The minimum atomic E-state index is -0.252. The third-order valence-corrected chi connectivity index (χ3v) is 5.83. The van der Waals surface area contributed by atoms with Gasteiger partial charge in [0.1, 0.15) is 6.33 Å². The summed E-state index contributed by atoms with van der Waals surface area (Å²) in [5.41, 5.74) is 15.0. The Kier molecular flexibility index (Phi) is 5.27. The van der Waals surface area contributed by atoms with Crippen molar-refractivity contribution in [2.75, 3.05) is 24.2 Å². The van der Waals surface area contributed by atoms with E-state index in [0.29, 0.717) is 31.1 Å². The highest BCUT2D eigenvalue weighted by atomic mass is 16.5. The fourth-order valence-electron chi connectivity index (χ4n) is 4.45. The van der Waals surface area contributed by atoms with Gasteiger partial charge in [-0.25, -0.2) is 9.97 Å². The van der Waals surface area contributed by atoms with Crippen molar-refractivity contribution >= 4 is 23.2 Å². The maximum absolute atomic E-state index is 12.7. The van der Waals surface area contributed by atoms with Gasteiger partial charge in [0, 0.05) is 11.3 Å². The SMILES string of the molecule is Cc1cc(Nc2ncnc(N)c2OCCCN)cc2c1C(=O)NC21CCCCC1. The lowest BCUT2D eigenvalue weighted by molar-refractivity contribution is 0.0909. The van der Waals surface area contributed by atoms with Gasteiger partial charge in [-0.3, -0.25) is 4.79 Å². The highest BCUT2D eigenvalue weighted by molar-refractivity contribution is 6.02. The highest BCUT2D eigenvalue weighted by Crippen LogP contribution is 2.45. The maximum Gasteiger partial charge on any atom is 0.252 e. The molecule has 1 amide bonds. The fraction of sp³-hybridized carbons (Fsp3) is 0.476. The van der Waals surface area contributed by atoms with Gasteiger partial charge in [-0.1, -0.05) is 19.3 Å². The molecule has 0 saturated heterocycles. The van der Waals surface area contributed by atoms with Gasteiger partial charge >= 0.3 is 0 Å². The molecule has 4 rings (SSSR count). The van der Waals surface area contributed by atoms with Crippen molar-refractivity contribution < 1.29 is 9.53 Å². The van der Waals surface area contributed by atoms with Crippen molar-refractivity contribution in [3.8, 4) is 5.75 Å². The summed E-state index contributed by atoms with van der Waals surface area (Å²) in [6.07, 6.45) is 7.53. The van der Waals surface area contributed by atoms with E-state index in [-0.39, 0.29) is 17.3 Å². The van der Waals surface area contributed by atoms with Gasteiger partial charge in [0.2, 0.25) is 5.75 Å². The van der Waals surface area contributed by atoms with Crippen molar-refractivity contribution in [2.45, 2.75) is 51.0 Å². The summed E-state index contributed by atoms with van der Waals surface area (Å²) in [5, 5.41) is 6.59. The fourth-order valence-corrected chi connectivity index (χ4v) is 4.45. The van der Waals surface area contributed by atoms with E-state index in [2.05, 4.69) is 26.7 Å². The quantitative estimate of drug-likeness (QED) is 0.553. The smallest absolute Gasteiger partial charge is 0.252 e. The molecule has 1 aromatic heterocycles. The topological polar surface area (TPSA) is 128 Å². The number of fused-ring (bicyclic) bond motifs is 2. The summed E-state index contributed by atoms with van der Waals surface area (Å²) in [4.78, 5) is 21.0. The summed E-state index contributed by atoms with van der Waals surface area (Å²) in [5.74, 6) is 1.23. The van der Waals surface area contributed by atoms with Crippen molar-refractivity contribution in [1.29, 1.82) is 0 Å². The van der Waals surface area contributed by atoms with Crippen LogP contribution in [0, 0.1) is 6.92 Å². The lowest BCUT2D eigenvalue weighted by atomic mass is 9.77. The first-order valence-electron chi connectivity index (χ1n) is 10.2. The number of benzene rings is 1. The second-order valence-electron chi connectivity index (χ2n) is 7.86. The molecular weight excluding hydrogens is 368 g/mol. The molecule has 2 aliphatic rings. The Hall–Kier alpha value is -2.87. The molecule has 1 aliphatic carbocycles. The molecular formula is C21H28N6O2. The van der Waals surface area contributed by atoms with Gasteiger partial charge in [0.25, 0.3) is 5.91 Å². The summed E-state index contributed by atoms with van der Waals surface area (Å²) in [6.45, 7) is 2.94. The predicted molar refractivity (Wildman–Crippen MR) is 112 cm³/mol. The van der Waals surface area contributed by atoms with E-state index in [1.165, 1.54) is 12.7 Å². The number of carbonyl (C=O) groups is 1. The molecule has 0 radical (unpaired) electrons. The van der Waals surface area contributed by atoms with Gasteiger partial charge in [-0.05, 0) is 56.0 Å². The second-order valence-corrected chi connectivity index (χ2v) is 7.86. The van der Waals surface area contributed by atoms with E-state index in [1.54, 1.807) is 0 Å². The van der Waals surface area contributed by atoms with Crippen molar-refractivity contribution in [3.05, 3.63) is 35.2 Å². The summed E-state index contributed by atoms with van der Waals surface area (Å²) in [7, 11) is 0. The Labute approximate surface area is 170 Å². The number of anilines is 3. The van der Waals surface area contributed by atoms with E-state index in [4.69, 9.17) is 16.2 Å². The summed E-state index contributed by atoms with van der Waals surface area (Å²) < 4.78 is 5.77. The molecule has 29 heavy (non-hydrogen) atoms. The third kappa shape index (κ3) is 3.60. The molecule has 1 aliphatic heterocycles. The lowest BCUT2D eigenvalue weighted by Crippen LogP contribution is -2.40. The van der Waals surface area contributed by atoms with Crippen LogP contribution in [0.25, 0.3) is 0 Å². The van der Waals surface area contributed by atoms with Crippen LogP contribution in [0.1, 0.15) is 60.0 Å². The second kappa shape index (κ2) is 7.87. The van der Waals surface area contributed by atoms with Crippen LogP contribution in [0.2, 0.25) is 0 Å². The van der Waals surface area contributed by atoms with Crippen molar-refractivity contribution in [2.24, 2.45) is 5.73 Å². The highest BCUT2D eigenvalue weighted by Gasteiger charge is 2.44. The molecule has 0 unspecified atom stereocenters. The molecule has 154 valence electrons. The van der Waals surface area contributed by atoms with Crippen LogP contribution in [0.4, 0.5) is 17.3 Å². The Morgan fingerprint density at radius 1 is 1.24 bits per heavy atom. The normalized spacial score (nSPS) is 17.1. The molecule has 1 spiro atoms. The van der Waals surface area contributed by atoms with Gasteiger partial charge in [-0.2, -0.15) is 0 Å². The van der Waals surface area contributed by atoms with E-state index in [1.807, 2.05) is 13.0 Å². The van der Waals surface area contributed by atoms with Crippen LogP contribution in [0.15, 0.2) is 18.5 Å². The number of hydrogen-bond acceptors (Lipinski definition) is 7. The number of amides is 1. The van der Waals surface area contributed by atoms with E-state index in [9.17, 15) is 4.79 Å². The first-order chi connectivity index (χ1) is 14.0. The summed E-state index contributed by atoms with van der Waals surface area (Å²) >= 11 is 0. The molecule has 0 bridgehead atoms. The van der Waals surface area contributed by atoms with E-state index < -0.39 is 0 Å². The monoisotopic (exact) mass is 396 g/mol. The minimum absolute atomic E-state index is 0.0306. The first-order valence-corrected chi connectivity index (χ1v) is 10.2. The molecule has 0 atom stereocenters. The first kappa shape index (κ1) is 19.4. The molecule has 1 saturated carbocycles. The van der Waals surface area contributed by atoms with Crippen LogP contribution < -0.4 is 26.8 Å². The van der Waals surface area contributed by atoms with Crippen LogP contribution >= 0.6 is 0 Å². The van der Waals surface area contributed by atoms with Crippen molar-refractivity contribution in [1.82, 2.24) is 15.3 Å². The molecule has 1 fully saturated rings. The van der Waals surface area contributed by atoms with E-state index >= 15 is 0 Å². The van der Waals surface area contributed by atoms with Gasteiger partial charge < -0.3 is 26.8 Å². The van der Waals surface area contributed by atoms with Crippen molar-refractivity contribution in [3.63, 3.8) is 0 Å². The number of aromatic nitrogens is 2. The van der Waals surface area contributed by atoms with Gasteiger partial charge in [-0.15, -0.1) is 0 Å². The molecule has 2 aromatic rings. The number of nitrogens with two attached hydrogens (primary N) is 2. The number of ether oxygens (including phenoxy) is 1. The average molecular weight is 396 g/mol. The molecule has 8 heteroatoms. The molecule has 6 N–H and O–H groups in total. The van der Waals surface area contributed by atoms with Crippen LogP contribution in [-0.2, 0) is 5.54 Å². The molecule has 2 heterocycles. The maximum atomic E-state index is 12.7. The van der Waals surface area contributed by atoms with Crippen LogP contribution in [0.5, 0.6) is 5.75 Å². The Bertz CT molecular complexity index is 924. The largest absolute Gasteiger partial charge is 0.486 e. The number of carbonyl (C=O) groups excluding carboxylic acids is 1. The predicted octanol–water partition coefficient (Wildman–Crippen LogP) is 2.74. The molecule has 8 nitrogen and oxygen atoms in total.